The van der Waals surface area contributed by atoms with E-state index in [1.165, 1.54) is 5.56 Å². The molecule has 0 saturated carbocycles. The number of amides is 2. The summed E-state index contributed by atoms with van der Waals surface area (Å²) in [7, 11) is 0. The predicted molar refractivity (Wildman–Crippen MR) is 91.9 cm³/mol. The summed E-state index contributed by atoms with van der Waals surface area (Å²) in [5.41, 5.74) is 8.13. The minimum atomic E-state index is -0.525. The molecule has 124 valence electrons. The second kappa shape index (κ2) is 7.17. The van der Waals surface area contributed by atoms with Crippen LogP contribution in [0.3, 0.4) is 0 Å². The van der Waals surface area contributed by atoms with Crippen molar-refractivity contribution < 1.29 is 14.3 Å². The van der Waals surface area contributed by atoms with Gasteiger partial charge in [-0.25, -0.2) is 0 Å². The summed E-state index contributed by atoms with van der Waals surface area (Å²) in [4.78, 5) is 23.3. The molecule has 5 nitrogen and oxygen atoms in total. The summed E-state index contributed by atoms with van der Waals surface area (Å²) in [6, 6.07) is 15.0. The van der Waals surface area contributed by atoms with Gasteiger partial charge in [0.2, 0.25) is 5.91 Å². The van der Waals surface area contributed by atoms with Gasteiger partial charge in [-0.2, -0.15) is 0 Å². The van der Waals surface area contributed by atoms with Crippen LogP contribution < -0.4 is 15.8 Å². The van der Waals surface area contributed by atoms with Crippen molar-refractivity contribution >= 4 is 17.5 Å². The molecule has 1 aliphatic carbocycles. The van der Waals surface area contributed by atoms with Crippen LogP contribution in [0.5, 0.6) is 5.75 Å². The number of benzene rings is 2. The average molecular weight is 324 g/mol. The van der Waals surface area contributed by atoms with E-state index in [0.717, 1.165) is 24.8 Å². The highest BCUT2D eigenvalue weighted by Crippen LogP contribution is 2.32. The van der Waals surface area contributed by atoms with Gasteiger partial charge in [-0.1, -0.05) is 24.3 Å². The summed E-state index contributed by atoms with van der Waals surface area (Å²) in [5, 5.41) is 2.96. The number of primary amides is 1. The second-order valence-electron chi connectivity index (χ2n) is 5.91. The number of nitrogens with two attached hydrogens (primary N) is 1. The van der Waals surface area contributed by atoms with Crippen LogP contribution in [-0.4, -0.2) is 18.4 Å². The van der Waals surface area contributed by atoms with Gasteiger partial charge in [0.1, 0.15) is 5.75 Å². The van der Waals surface area contributed by atoms with Crippen molar-refractivity contribution in [3.05, 3.63) is 59.7 Å². The standard InChI is InChI=1S/C19H20N2O3/c20-18(22)12-24-15-10-8-14(9-11-15)21-19(23)17-7-3-5-13-4-1-2-6-16(13)17/h1-2,4,6,8-11,17H,3,5,7,12H2,(H2,20,22)(H,21,23). The van der Waals surface area contributed by atoms with Crippen LogP contribution in [0.15, 0.2) is 48.5 Å². The molecule has 2 amide bonds. The van der Waals surface area contributed by atoms with Gasteiger partial charge in [0, 0.05) is 5.69 Å². The zero-order valence-corrected chi connectivity index (χ0v) is 13.3. The maximum atomic E-state index is 12.6. The number of rotatable bonds is 5. The van der Waals surface area contributed by atoms with E-state index in [2.05, 4.69) is 11.4 Å². The first-order valence-electron chi connectivity index (χ1n) is 8.03. The molecule has 0 bridgehead atoms. The van der Waals surface area contributed by atoms with Gasteiger partial charge >= 0.3 is 0 Å². The van der Waals surface area contributed by atoms with E-state index in [0.29, 0.717) is 11.4 Å². The Morgan fingerprint density at radius 3 is 2.62 bits per heavy atom. The summed E-state index contributed by atoms with van der Waals surface area (Å²) in [6.07, 6.45) is 2.92. The van der Waals surface area contributed by atoms with Gasteiger partial charge in [-0.05, 0) is 54.7 Å². The normalized spacial score (nSPS) is 16.1. The number of hydrogen-bond donors (Lipinski definition) is 2. The first-order valence-corrected chi connectivity index (χ1v) is 8.03. The lowest BCUT2D eigenvalue weighted by Crippen LogP contribution is -2.24. The number of ether oxygens (including phenoxy) is 1. The topological polar surface area (TPSA) is 81.4 Å². The average Bonchev–Trinajstić information content (AvgIpc) is 2.60. The fraction of sp³-hybridized carbons (Fsp3) is 0.263. The largest absolute Gasteiger partial charge is 0.484 e. The Balaban J connectivity index is 1.66. The maximum Gasteiger partial charge on any atom is 0.255 e. The smallest absolute Gasteiger partial charge is 0.255 e. The first-order chi connectivity index (χ1) is 11.6. The minimum absolute atomic E-state index is 0.00737. The number of hydrogen-bond acceptors (Lipinski definition) is 3. The molecule has 1 atom stereocenters. The lowest BCUT2D eigenvalue weighted by atomic mass is 9.82. The molecule has 1 unspecified atom stereocenters. The summed E-state index contributed by atoms with van der Waals surface area (Å²) >= 11 is 0. The number of aryl methyl sites for hydroxylation is 1. The van der Waals surface area contributed by atoms with Crippen LogP contribution in [0.4, 0.5) is 5.69 Å². The SMILES string of the molecule is NC(=O)COc1ccc(NC(=O)C2CCCc3ccccc32)cc1. The van der Waals surface area contributed by atoms with E-state index < -0.39 is 5.91 Å². The van der Waals surface area contributed by atoms with Crippen LogP contribution >= 0.6 is 0 Å². The van der Waals surface area contributed by atoms with E-state index in [1.807, 2.05) is 18.2 Å². The third-order valence-corrected chi connectivity index (χ3v) is 4.19. The summed E-state index contributed by atoms with van der Waals surface area (Å²) in [6.45, 7) is -0.162. The highest BCUT2D eigenvalue weighted by Gasteiger charge is 2.26. The molecule has 2 aromatic carbocycles. The molecule has 2 aromatic rings. The lowest BCUT2D eigenvalue weighted by molar-refractivity contribution is -0.120. The zero-order valence-electron chi connectivity index (χ0n) is 13.3. The molecule has 0 aliphatic heterocycles. The van der Waals surface area contributed by atoms with Crippen molar-refractivity contribution in [2.45, 2.75) is 25.2 Å². The van der Waals surface area contributed by atoms with Crippen molar-refractivity contribution in [1.82, 2.24) is 0 Å². The molecule has 3 N–H and O–H groups in total. The van der Waals surface area contributed by atoms with Crippen molar-refractivity contribution in [3.63, 3.8) is 0 Å². The second-order valence-corrected chi connectivity index (χ2v) is 5.91. The highest BCUT2D eigenvalue weighted by atomic mass is 16.5. The number of anilines is 1. The van der Waals surface area contributed by atoms with Gasteiger partial charge in [0.15, 0.2) is 6.61 Å². The Labute approximate surface area is 140 Å². The fourth-order valence-corrected chi connectivity index (χ4v) is 3.04. The first kappa shape index (κ1) is 16.1. The molecule has 0 spiro atoms. The third-order valence-electron chi connectivity index (χ3n) is 4.19. The Bertz CT molecular complexity index is 741. The number of nitrogens with one attached hydrogen (secondary N) is 1. The van der Waals surface area contributed by atoms with E-state index >= 15 is 0 Å². The van der Waals surface area contributed by atoms with E-state index in [-0.39, 0.29) is 18.4 Å². The Kier molecular flexibility index (Phi) is 4.79. The minimum Gasteiger partial charge on any atom is -0.484 e. The number of fused-ring (bicyclic) bond motifs is 1. The van der Waals surface area contributed by atoms with Crippen molar-refractivity contribution in [1.29, 1.82) is 0 Å². The van der Waals surface area contributed by atoms with Gasteiger partial charge in [-0.15, -0.1) is 0 Å². The molecular formula is C19H20N2O3. The molecule has 24 heavy (non-hydrogen) atoms. The summed E-state index contributed by atoms with van der Waals surface area (Å²) < 4.78 is 5.20. The van der Waals surface area contributed by atoms with Gasteiger partial charge in [0.05, 0.1) is 5.92 Å². The molecular weight excluding hydrogens is 304 g/mol. The molecule has 3 rings (SSSR count). The molecule has 0 saturated heterocycles. The Morgan fingerprint density at radius 1 is 1.12 bits per heavy atom. The van der Waals surface area contributed by atoms with Gasteiger partial charge in [0.25, 0.3) is 5.91 Å². The van der Waals surface area contributed by atoms with Crippen molar-refractivity contribution in [3.8, 4) is 5.75 Å². The molecule has 0 radical (unpaired) electrons. The fourth-order valence-electron chi connectivity index (χ4n) is 3.04. The number of carbonyl (C=O) groups is 2. The van der Waals surface area contributed by atoms with Gasteiger partial charge < -0.3 is 15.8 Å². The quantitative estimate of drug-likeness (QED) is 0.887. The van der Waals surface area contributed by atoms with E-state index in [9.17, 15) is 9.59 Å². The van der Waals surface area contributed by atoms with E-state index in [4.69, 9.17) is 10.5 Å². The van der Waals surface area contributed by atoms with Crippen LogP contribution in [-0.2, 0) is 16.0 Å². The maximum absolute atomic E-state index is 12.6. The molecule has 0 fully saturated rings. The number of carbonyl (C=O) groups excluding carboxylic acids is 2. The van der Waals surface area contributed by atoms with Crippen LogP contribution in [0, 0.1) is 0 Å². The monoisotopic (exact) mass is 324 g/mol. The van der Waals surface area contributed by atoms with Crippen LogP contribution in [0.25, 0.3) is 0 Å². The molecule has 1 aliphatic rings. The molecule has 5 heteroatoms. The Morgan fingerprint density at radius 2 is 1.88 bits per heavy atom. The van der Waals surface area contributed by atoms with Crippen molar-refractivity contribution in [2.75, 3.05) is 11.9 Å². The van der Waals surface area contributed by atoms with Crippen LogP contribution in [0.2, 0.25) is 0 Å². The Hall–Kier alpha value is -2.82. The predicted octanol–water partition coefficient (Wildman–Crippen LogP) is 2.61. The van der Waals surface area contributed by atoms with E-state index in [1.54, 1.807) is 24.3 Å². The molecule has 0 heterocycles. The lowest BCUT2D eigenvalue weighted by Gasteiger charge is -2.24. The summed E-state index contributed by atoms with van der Waals surface area (Å²) in [5.74, 6) is -0.0909. The third kappa shape index (κ3) is 3.74. The molecule has 0 aromatic heterocycles. The highest BCUT2D eigenvalue weighted by molar-refractivity contribution is 5.96. The zero-order chi connectivity index (χ0) is 16.9. The van der Waals surface area contributed by atoms with Gasteiger partial charge in [-0.3, -0.25) is 9.59 Å². The van der Waals surface area contributed by atoms with Crippen LogP contribution in [0.1, 0.15) is 29.9 Å². The van der Waals surface area contributed by atoms with Crippen molar-refractivity contribution in [2.24, 2.45) is 5.73 Å².